The Hall–Kier alpha value is -3.14. The van der Waals surface area contributed by atoms with E-state index >= 15 is 0 Å². The van der Waals surface area contributed by atoms with Crippen molar-refractivity contribution in [3.63, 3.8) is 0 Å². The van der Waals surface area contributed by atoms with Crippen molar-refractivity contribution in [2.75, 3.05) is 0 Å². The first-order valence-corrected chi connectivity index (χ1v) is 12.5. The summed E-state index contributed by atoms with van der Waals surface area (Å²) in [6.07, 6.45) is 2.11. The molecule has 188 valence electrons. The van der Waals surface area contributed by atoms with E-state index in [0.717, 1.165) is 35.4 Å². The van der Waals surface area contributed by atoms with Crippen LogP contribution in [0.2, 0.25) is 5.02 Å². The molecule has 0 amide bonds. The van der Waals surface area contributed by atoms with Gasteiger partial charge in [-0.15, -0.1) is 0 Å². The molecular formula is C29H32ClN3O3. The maximum absolute atomic E-state index is 13.1. The van der Waals surface area contributed by atoms with E-state index in [1.807, 2.05) is 26.0 Å². The molecule has 1 N–H and O–H groups in total. The van der Waals surface area contributed by atoms with Gasteiger partial charge in [0.2, 0.25) is 0 Å². The Bertz CT molecular complexity index is 1310. The second-order valence-corrected chi connectivity index (χ2v) is 11.3. The number of benzene rings is 2. The molecule has 0 aliphatic carbocycles. The Morgan fingerprint density at radius 2 is 1.86 bits per heavy atom. The van der Waals surface area contributed by atoms with Gasteiger partial charge in [-0.05, 0) is 84.6 Å². The SMILES string of the molecule is Cc1n[nH]c(C)c1-c1cccc(Oc2ccc(C(=O)CC3CC(C)(C)OC(C)(C)C3)cc2Cl)c1C#N. The van der Waals surface area contributed by atoms with Crippen molar-refractivity contribution >= 4 is 17.4 Å². The van der Waals surface area contributed by atoms with E-state index in [1.165, 1.54) is 0 Å². The summed E-state index contributed by atoms with van der Waals surface area (Å²) in [7, 11) is 0. The summed E-state index contributed by atoms with van der Waals surface area (Å²) >= 11 is 6.55. The van der Waals surface area contributed by atoms with Crippen LogP contribution in [0.4, 0.5) is 0 Å². The summed E-state index contributed by atoms with van der Waals surface area (Å²) < 4.78 is 12.2. The lowest BCUT2D eigenvalue weighted by Gasteiger charge is -2.45. The fraction of sp³-hybridized carbons (Fsp3) is 0.414. The maximum atomic E-state index is 13.1. The number of ether oxygens (including phenoxy) is 2. The number of carbonyl (C=O) groups excluding carboxylic acids is 1. The fourth-order valence-corrected chi connectivity index (χ4v) is 5.80. The number of halogens is 1. The quantitative estimate of drug-likeness (QED) is 0.349. The lowest BCUT2D eigenvalue weighted by atomic mass is 9.78. The van der Waals surface area contributed by atoms with E-state index in [1.54, 1.807) is 24.3 Å². The molecule has 0 bridgehead atoms. The largest absolute Gasteiger partial charge is 0.454 e. The van der Waals surface area contributed by atoms with E-state index in [0.29, 0.717) is 34.1 Å². The molecule has 0 radical (unpaired) electrons. The standard InChI is InChI=1S/C29H32ClN3O3/c1-17-27(18(2)33-32-17)21-8-7-9-25(22(21)16-31)35-26-11-10-20(13-23(26)30)24(34)12-19-14-28(3,4)36-29(5,6)15-19/h7-11,13,19H,12,14-15H2,1-6H3,(H,32,33). The number of nitrogens with zero attached hydrogens (tertiary/aromatic N) is 2. The molecule has 1 saturated heterocycles. The molecule has 7 heteroatoms. The molecule has 0 atom stereocenters. The van der Waals surface area contributed by atoms with Crippen molar-refractivity contribution in [3.05, 3.63) is 63.9 Å². The molecule has 1 fully saturated rings. The summed E-state index contributed by atoms with van der Waals surface area (Å²) in [6.45, 7) is 12.1. The monoisotopic (exact) mass is 505 g/mol. The second-order valence-electron chi connectivity index (χ2n) is 10.9. The van der Waals surface area contributed by atoms with E-state index in [-0.39, 0.29) is 22.9 Å². The molecule has 0 spiro atoms. The number of carbonyl (C=O) groups is 1. The Kier molecular flexibility index (Phi) is 7.01. The molecular weight excluding hydrogens is 474 g/mol. The van der Waals surface area contributed by atoms with Crippen LogP contribution in [0, 0.1) is 31.1 Å². The summed E-state index contributed by atoms with van der Waals surface area (Å²) in [5, 5.41) is 17.4. The summed E-state index contributed by atoms with van der Waals surface area (Å²) in [6, 6.07) is 12.8. The predicted molar refractivity (Wildman–Crippen MR) is 141 cm³/mol. The van der Waals surface area contributed by atoms with Gasteiger partial charge in [0.05, 0.1) is 21.9 Å². The van der Waals surface area contributed by atoms with Crippen LogP contribution in [0.5, 0.6) is 11.5 Å². The number of ketones is 1. The van der Waals surface area contributed by atoms with Gasteiger partial charge in [-0.2, -0.15) is 10.4 Å². The highest BCUT2D eigenvalue weighted by Gasteiger charge is 2.39. The molecule has 0 unspecified atom stereocenters. The van der Waals surface area contributed by atoms with E-state index in [9.17, 15) is 10.1 Å². The van der Waals surface area contributed by atoms with Crippen LogP contribution in [0.15, 0.2) is 36.4 Å². The van der Waals surface area contributed by atoms with Crippen molar-refractivity contribution in [1.29, 1.82) is 5.26 Å². The Labute approximate surface area is 217 Å². The molecule has 36 heavy (non-hydrogen) atoms. The topological polar surface area (TPSA) is 88.0 Å². The first kappa shape index (κ1) is 25.9. The predicted octanol–water partition coefficient (Wildman–Crippen LogP) is 7.57. The van der Waals surface area contributed by atoms with Gasteiger partial charge in [-0.25, -0.2) is 0 Å². The smallest absolute Gasteiger partial charge is 0.163 e. The number of H-pyrrole nitrogens is 1. The van der Waals surface area contributed by atoms with Crippen LogP contribution in [0.25, 0.3) is 11.1 Å². The zero-order chi connectivity index (χ0) is 26.3. The Balaban J connectivity index is 1.55. The van der Waals surface area contributed by atoms with E-state index < -0.39 is 0 Å². The van der Waals surface area contributed by atoms with Gasteiger partial charge in [0.25, 0.3) is 0 Å². The summed E-state index contributed by atoms with van der Waals surface area (Å²) in [5.74, 6) is 1.06. The molecule has 2 aromatic carbocycles. The van der Waals surface area contributed by atoms with Crippen molar-refractivity contribution < 1.29 is 14.3 Å². The van der Waals surface area contributed by atoms with Crippen molar-refractivity contribution in [2.24, 2.45) is 5.92 Å². The third-order valence-corrected chi connectivity index (χ3v) is 6.89. The number of rotatable bonds is 6. The highest BCUT2D eigenvalue weighted by Crippen LogP contribution is 2.41. The highest BCUT2D eigenvalue weighted by atomic mass is 35.5. The molecule has 1 aliphatic heterocycles. The molecule has 4 rings (SSSR count). The maximum Gasteiger partial charge on any atom is 0.163 e. The average molecular weight is 506 g/mol. The number of aromatic amines is 1. The third-order valence-electron chi connectivity index (χ3n) is 6.60. The number of Topliss-reactive ketones (excluding diaryl/α,β-unsaturated/α-hetero) is 1. The Morgan fingerprint density at radius 3 is 2.44 bits per heavy atom. The molecule has 0 saturated carbocycles. The van der Waals surface area contributed by atoms with Crippen LogP contribution in [0.1, 0.15) is 74.3 Å². The van der Waals surface area contributed by atoms with Gasteiger partial charge in [-0.3, -0.25) is 9.89 Å². The number of aromatic nitrogens is 2. The second kappa shape index (κ2) is 9.72. The average Bonchev–Trinajstić information content (AvgIpc) is 3.10. The zero-order valence-corrected chi connectivity index (χ0v) is 22.4. The van der Waals surface area contributed by atoms with Gasteiger partial charge in [0.15, 0.2) is 5.78 Å². The molecule has 2 heterocycles. The van der Waals surface area contributed by atoms with Crippen molar-refractivity contribution in [2.45, 2.75) is 72.0 Å². The molecule has 1 aromatic heterocycles. The minimum Gasteiger partial charge on any atom is -0.454 e. The number of nitriles is 1. The number of hydrogen-bond acceptors (Lipinski definition) is 5. The van der Waals surface area contributed by atoms with Gasteiger partial charge < -0.3 is 9.47 Å². The molecule has 1 aliphatic rings. The van der Waals surface area contributed by atoms with Crippen LogP contribution in [0.3, 0.4) is 0 Å². The fourth-order valence-electron chi connectivity index (χ4n) is 5.58. The van der Waals surface area contributed by atoms with E-state index in [4.69, 9.17) is 21.1 Å². The van der Waals surface area contributed by atoms with Gasteiger partial charge in [0, 0.05) is 28.8 Å². The third kappa shape index (κ3) is 5.48. The number of nitrogens with one attached hydrogen (secondary N) is 1. The van der Waals surface area contributed by atoms with Crippen LogP contribution in [-0.2, 0) is 4.74 Å². The first-order valence-electron chi connectivity index (χ1n) is 12.1. The van der Waals surface area contributed by atoms with Crippen LogP contribution >= 0.6 is 11.6 Å². The molecule has 3 aromatic rings. The van der Waals surface area contributed by atoms with Gasteiger partial charge >= 0.3 is 0 Å². The molecule has 6 nitrogen and oxygen atoms in total. The first-order chi connectivity index (χ1) is 16.9. The summed E-state index contributed by atoms with van der Waals surface area (Å²) in [4.78, 5) is 13.1. The van der Waals surface area contributed by atoms with Gasteiger partial charge in [-0.1, -0.05) is 23.7 Å². The minimum atomic E-state index is -0.261. The van der Waals surface area contributed by atoms with Crippen molar-refractivity contribution in [1.82, 2.24) is 10.2 Å². The van der Waals surface area contributed by atoms with Crippen molar-refractivity contribution in [3.8, 4) is 28.7 Å². The normalized spacial score (nSPS) is 16.9. The number of hydrogen-bond donors (Lipinski definition) is 1. The highest BCUT2D eigenvalue weighted by molar-refractivity contribution is 6.32. The van der Waals surface area contributed by atoms with Gasteiger partial charge in [0.1, 0.15) is 23.1 Å². The Morgan fingerprint density at radius 1 is 1.17 bits per heavy atom. The minimum absolute atomic E-state index is 0.0487. The zero-order valence-electron chi connectivity index (χ0n) is 21.7. The van der Waals surface area contributed by atoms with Crippen LogP contribution < -0.4 is 4.74 Å². The van der Waals surface area contributed by atoms with Crippen LogP contribution in [-0.4, -0.2) is 27.2 Å². The summed E-state index contributed by atoms with van der Waals surface area (Å²) in [5.41, 5.74) is 3.72. The number of aryl methyl sites for hydroxylation is 2. The van der Waals surface area contributed by atoms with E-state index in [2.05, 4.69) is 44.0 Å². The lowest BCUT2D eigenvalue weighted by Crippen LogP contribution is -2.45. The lowest BCUT2D eigenvalue weighted by molar-refractivity contribution is -0.171.